The van der Waals surface area contributed by atoms with Gasteiger partial charge < -0.3 is 20.3 Å². The van der Waals surface area contributed by atoms with Crippen LogP contribution in [-0.2, 0) is 9.53 Å². The quantitative estimate of drug-likeness (QED) is 0.634. The van der Waals surface area contributed by atoms with E-state index in [4.69, 9.17) is 15.0 Å². The summed E-state index contributed by atoms with van der Waals surface area (Å²) in [5, 5.41) is 6.11. The van der Waals surface area contributed by atoms with Gasteiger partial charge in [-0.15, -0.1) is 0 Å². The van der Waals surface area contributed by atoms with E-state index < -0.39 is 18.0 Å². The smallest absolute Gasteiger partial charge is 0.341 e. The molecule has 0 saturated carbocycles. The van der Waals surface area contributed by atoms with E-state index in [-0.39, 0.29) is 17.1 Å². The Morgan fingerprint density at radius 2 is 2.14 bits per heavy atom. The van der Waals surface area contributed by atoms with Crippen molar-refractivity contribution in [2.45, 2.75) is 20.0 Å². The molecule has 3 N–H and O–H groups in total. The second kappa shape index (κ2) is 6.61. The lowest BCUT2D eigenvalue weighted by atomic mass is 10.2. The highest BCUT2D eigenvalue weighted by molar-refractivity contribution is 9.10. The summed E-state index contributed by atoms with van der Waals surface area (Å²) in [6.45, 7) is 3.15. The van der Waals surface area contributed by atoms with Crippen LogP contribution in [-0.4, -0.2) is 23.1 Å². The highest BCUT2D eigenvalue weighted by Gasteiger charge is 2.21. The first-order valence-corrected chi connectivity index (χ1v) is 7.16. The molecule has 1 aromatic heterocycles. The summed E-state index contributed by atoms with van der Waals surface area (Å²) >= 11 is 3.25. The lowest BCUT2D eigenvalue weighted by molar-refractivity contribution is -0.123. The van der Waals surface area contributed by atoms with Gasteiger partial charge in [0.25, 0.3) is 5.91 Å². The molecule has 2 aromatic rings. The predicted octanol–water partition coefficient (Wildman–Crippen LogP) is 2.51. The lowest BCUT2D eigenvalue weighted by Crippen LogP contribution is -2.30. The first-order chi connectivity index (χ1) is 10.4. The summed E-state index contributed by atoms with van der Waals surface area (Å²) in [6, 6.07) is 6.36. The highest BCUT2D eigenvalue weighted by Crippen LogP contribution is 2.20. The number of aromatic nitrogens is 1. The number of nitrogens with zero attached hydrogens (tertiary/aromatic N) is 1. The van der Waals surface area contributed by atoms with Gasteiger partial charge in [-0.2, -0.15) is 0 Å². The van der Waals surface area contributed by atoms with Gasteiger partial charge in [0.2, 0.25) is 0 Å². The second-order valence-electron chi connectivity index (χ2n) is 4.59. The van der Waals surface area contributed by atoms with E-state index in [2.05, 4.69) is 26.4 Å². The SMILES string of the molecule is Cc1cc(NC(=O)[C@@H](C)OC(=O)c2cc(Br)ccc2N)no1. The number of rotatable bonds is 4. The number of carbonyl (C=O) groups excluding carboxylic acids is 2. The van der Waals surface area contributed by atoms with Crippen LogP contribution >= 0.6 is 15.9 Å². The number of ether oxygens (including phenoxy) is 1. The molecule has 0 aliphatic heterocycles. The number of nitrogen functional groups attached to an aromatic ring is 1. The molecule has 8 heteroatoms. The van der Waals surface area contributed by atoms with Crippen LogP contribution in [0.25, 0.3) is 0 Å². The minimum absolute atomic E-state index is 0.186. The monoisotopic (exact) mass is 367 g/mol. The summed E-state index contributed by atoms with van der Waals surface area (Å²) in [5.41, 5.74) is 6.18. The lowest BCUT2D eigenvalue weighted by Gasteiger charge is -2.13. The van der Waals surface area contributed by atoms with Crippen molar-refractivity contribution < 1.29 is 18.8 Å². The maximum Gasteiger partial charge on any atom is 0.341 e. The van der Waals surface area contributed by atoms with Gasteiger partial charge in [-0.25, -0.2) is 4.79 Å². The van der Waals surface area contributed by atoms with Gasteiger partial charge in [-0.3, -0.25) is 4.79 Å². The molecule has 0 unspecified atom stereocenters. The topological polar surface area (TPSA) is 107 Å². The molecule has 7 nitrogen and oxygen atoms in total. The molecule has 116 valence electrons. The number of anilines is 2. The van der Waals surface area contributed by atoms with E-state index in [1.165, 1.54) is 13.0 Å². The number of benzene rings is 1. The Morgan fingerprint density at radius 3 is 2.77 bits per heavy atom. The first-order valence-electron chi connectivity index (χ1n) is 6.37. The normalized spacial score (nSPS) is 11.8. The van der Waals surface area contributed by atoms with Gasteiger partial charge in [0.15, 0.2) is 11.9 Å². The van der Waals surface area contributed by atoms with E-state index >= 15 is 0 Å². The van der Waals surface area contributed by atoms with Gasteiger partial charge in [-0.05, 0) is 32.0 Å². The van der Waals surface area contributed by atoms with Crippen molar-refractivity contribution >= 4 is 39.3 Å². The molecule has 1 atom stereocenters. The van der Waals surface area contributed by atoms with E-state index in [1.54, 1.807) is 25.1 Å². The van der Waals surface area contributed by atoms with Crippen LogP contribution in [0.15, 0.2) is 33.3 Å². The van der Waals surface area contributed by atoms with Crippen LogP contribution in [0.2, 0.25) is 0 Å². The van der Waals surface area contributed by atoms with Crippen molar-refractivity contribution in [2.75, 3.05) is 11.1 Å². The minimum atomic E-state index is -1.01. The standard InChI is InChI=1S/C14H14BrN3O4/c1-7-5-12(18-22-7)17-13(19)8(2)21-14(20)10-6-9(15)3-4-11(10)16/h3-6,8H,16H2,1-2H3,(H,17,18,19)/t8-/m1/s1. The van der Waals surface area contributed by atoms with Crippen LogP contribution in [0.3, 0.4) is 0 Å². The third-order valence-electron chi connectivity index (χ3n) is 2.77. The molecule has 1 heterocycles. The summed E-state index contributed by atoms with van der Waals surface area (Å²) in [4.78, 5) is 24.0. The number of nitrogens with two attached hydrogens (primary N) is 1. The van der Waals surface area contributed by atoms with Crippen molar-refractivity contribution in [1.82, 2.24) is 5.16 Å². The van der Waals surface area contributed by atoms with E-state index in [0.717, 1.165) is 0 Å². The zero-order valence-corrected chi connectivity index (χ0v) is 13.5. The van der Waals surface area contributed by atoms with E-state index in [0.29, 0.717) is 10.2 Å². The van der Waals surface area contributed by atoms with Crippen LogP contribution in [0.1, 0.15) is 23.0 Å². The number of aryl methyl sites for hydroxylation is 1. The molecule has 0 fully saturated rings. The van der Waals surface area contributed by atoms with Gasteiger partial charge in [0.05, 0.1) is 5.56 Å². The number of carbonyl (C=O) groups is 2. The molecular formula is C14H14BrN3O4. The Labute approximate surface area is 134 Å². The fourth-order valence-electron chi connectivity index (χ4n) is 1.64. The first kappa shape index (κ1) is 16.0. The number of hydrogen-bond acceptors (Lipinski definition) is 6. The highest BCUT2D eigenvalue weighted by atomic mass is 79.9. The minimum Gasteiger partial charge on any atom is -0.449 e. The number of esters is 1. The Hall–Kier alpha value is -2.35. The third kappa shape index (κ3) is 3.85. The van der Waals surface area contributed by atoms with Crippen LogP contribution in [0.4, 0.5) is 11.5 Å². The third-order valence-corrected chi connectivity index (χ3v) is 3.26. The number of halogens is 1. The van der Waals surface area contributed by atoms with Crippen molar-refractivity contribution in [3.8, 4) is 0 Å². The van der Waals surface area contributed by atoms with Crippen LogP contribution < -0.4 is 11.1 Å². The van der Waals surface area contributed by atoms with Crippen LogP contribution in [0.5, 0.6) is 0 Å². The number of hydrogen-bond donors (Lipinski definition) is 2. The zero-order chi connectivity index (χ0) is 16.3. The molecule has 0 saturated heterocycles. The summed E-state index contributed by atoms with van der Waals surface area (Å²) < 4.78 is 10.6. The fourth-order valence-corrected chi connectivity index (χ4v) is 2.00. The molecule has 0 spiro atoms. The molecule has 0 bridgehead atoms. The molecule has 1 aromatic carbocycles. The Morgan fingerprint density at radius 1 is 1.41 bits per heavy atom. The van der Waals surface area contributed by atoms with Gasteiger partial charge in [0, 0.05) is 16.2 Å². The molecule has 22 heavy (non-hydrogen) atoms. The summed E-state index contributed by atoms with van der Waals surface area (Å²) in [7, 11) is 0. The largest absolute Gasteiger partial charge is 0.449 e. The maximum absolute atomic E-state index is 12.1. The molecule has 0 aliphatic carbocycles. The van der Waals surface area contributed by atoms with Gasteiger partial charge in [0.1, 0.15) is 5.76 Å². The van der Waals surface area contributed by atoms with Crippen molar-refractivity contribution in [1.29, 1.82) is 0 Å². The molecular weight excluding hydrogens is 354 g/mol. The summed E-state index contributed by atoms with van der Waals surface area (Å²) in [6.07, 6.45) is -1.01. The van der Waals surface area contributed by atoms with Crippen LogP contribution in [0, 0.1) is 6.92 Å². The predicted molar refractivity (Wildman–Crippen MR) is 83.3 cm³/mol. The van der Waals surface area contributed by atoms with E-state index in [1.807, 2.05) is 0 Å². The second-order valence-corrected chi connectivity index (χ2v) is 5.51. The fraction of sp³-hybridized carbons (Fsp3) is 0.214. The number of nitrogens with one attached hydrogen (secondary N) is 1. The molecule has 2 rings (SSSR count). The average molecular weight is 368 g/mol. The zero-order valence-electron chi connectivity index (χ0n) is 11.9. The van der Waals surface area contributed by atoms with E-state index in [9.17, 15) is 9.59 Å². The molecule has 1 amide bonds. The average Bonchev–Trinajstić information content (AvgIpc) is 2.86. The molecule has 0 aliphatic rings. The maximum atomic E-state index is 12.1. The summed E-state index contributed by atoms with van der Waals surface area (Å²) in [5.74, 6) is -0.387. The van der Waals surface area contributed by atoms with Crippen molar-refractivity contribution in [2.24, 2.45) is 0 Å². The number of amides is 1. The van der Waals surface area contributed by atoms with Crippen molar-refractivity contribution in [3.05, 3.63) is 40.1 Å². The Kier molecular flexibility index (Phi) is 4.81. The molecule has 0 radical (unpaired) electrons. The Bertz CT molecular complexity index is 714. The van der Waals surface area contributed by atoms with Gasteiger partial charge in [-0.1, -0.05) is 21.1 Å². The van der Waals surface area contributed by atoms with Gasteiger partial charge >= 0.3 is 5.97 Å². The Balaban J connectivity index is 2.01. The van der Waals surface area contributed by atoms with Crippen molar-refractivity contribution in [3.63, 3.8) is 0 Å².